The molecule has 0 bridgehead atoms. The van der Waals surface area contributed by atoms with E-state index in [0.717, 1.165) is 10.2 Å². The van der Waals surface area contributed by atoms with Crippen molar-refractivity contribution in [3.8, 4) is 5.82 Å². The number of rotatable bonds is 6. The quantitative estimate of drug-likeness (QED) is 0.564. The number of amides is 2. The summed E-state index contributed by atoms with van der Waals surface area (Å²) in [6, 6.07) is 10.9. The van der Waals surface area contributed by atoms with Gasteiger partial charge in [0.25, 0.3) is 5.91 Å². The fraction of sp³-hybridized carbons (Fsp3) is 0.118. The molecule has 2 heterocycles. The number of hydrogen-bond donors (Lipinski definition) is 2. The highest BCUT2D eigenvalue weighted by molar-refractivity contribution is 9.10. The number of thioether (sulfide) groups is 1. The molecular weight excluding hydrogens is 432 g/mol. The number of imidazole rings is 1. The predicted molar refractivity (Wildman–Crippen MR) is 106 cm³/mol. The van der Waals surface area contributed by atoms with E-state index in [2.05, 4.69) is 41.7 Å². The molecule has 3 rings (SSSR count). The molecule has 3 aromatic rings. The highest BCUT2D eigenvalue weighted by Crippen LogP contribution is 2.22. The molecule has 0 aliphatic rings. The largest absolute Gasteiger partial charge is 0.354 e. The normalized spacial score (nSPS) is 10.4. The number of nitrogens with one attached hydrogen (secondary N) is 2. The van der Waals surface area contributed by atoms with Gasteiger partial charge in [0.15, 0.2) is 5.82 Å². The zero-order valence-corrected chi connectivity index (χ0v) is 16.6. The van der Waals surface area contributed by atoms with Gasteiger partial charge in [-0.1, -0.05) is 23.9 Å². The first-order valence-electron chi connectivity index (χ1n) is 7.84. The predicted octanol–water partition coefficient (Wildman–Crippen LogP) is 2.52. The van der Waals surface area contributed by atoms with E-state index in [4.69, 9.17) is 0 Å². The van der Waals surface area contributed by atoms with Gasteiger partial charge in [-0.05, 0) is 40.2 Å². The molecule has 27 heavy (non-hydrogen) atoms. The summed E-state index contributed by atoms with van der Waals surface area (Å²) >= 11 is 4.67. The number of nitrogens with zero attached hydrogens (tertiary/aromatic N) is 4. The average Bonchev–Trinajstić information content (AvgIpc) is 3.18. The second kappa shape index (κ2) is 8.78. The van der Waals surface area contributed by atoms with E-state index in [-0.39, 0.29) is 17.6 Å². The summed E-state index contributed by atoms with van der Waals surface area (Å²) in [7, 11) is 1.54. The van der Waals surface area contributed by atoms with Crippen LogP contribution in [0.2, 0.25) is 0 Å². The molecule has 10 heteroatoms. The Labute approximate surface area is 167 Å². The molecular formula is C17H15BrN6O2S. The Kier molecular flexibility index (Phi) is 6.20. The van der Waals surface area contributed by atoms with Gasteiger partial charge in [0.05, 0.1) is 11.4 Å². The minimum absolute atomic E-state index is 0.136. The van der Waals surface area contributed by atoms with Gasteiger partial charge in [0, 0.05) is 17.7 Å². The van der Waals surface area contributed by atoms with Crippen LogP contribution < -0.4 is 10.6 Å². The molecule has 0 fully saturated rings. The summed E-state index contributed by atoms with van der Waals surface area (Å²) in [6.45, 7) is 0. The number of para-hydroxylation sites is 1. The fourth-order valence-corrected chi connectivity index (χ4v) is 3.11. The minimum atomic E-state index is -0.273. The molecule has 8 nitrogen and oxygen atoms in total. The third kappa shape index (κ3) is 4.92. The smallest absolute Gasteiger partial charge is 0.271 e. The highest BCUT2D eigenvalue weighted by atomic mass is 79.9. The van der Waals surface area contributed by atoms with E-state index >= 15 is 0 Å². The number of carbonyl (C=O) groups excluding carboxylic acids is 2. The van der Waals surface area contributed by atoms with E-state index in [9.17, 15) is 9.59 Å². The van der Waals surface area contributed by atoms with Gasteiger partial charge in [-0.2, -0.15) is 0 Å². The summed E-state index contributed by atoms with van der Waals surface area (Å²) in [5.74, 6) is 0.327. The van der Waals surface area contributed by atoms with Crippen LogP contribution in [0.4, 0.5) is 5.69 Å². The van der Waals surface area contributed by atoms with Gasteiger partial charge in [-0.25, -0.2) is 4.98 Å². The van der Waals surface area contributed by atoms with Gasteiger partial charge in [-0.15, -0.1) is 10.2 Å². The van der Waals surface area contributed by atoms with Crippen molar-refractivity contribution in [2.24, 2.45) is 0 Å². The molecule has 0 radical (unpaired) electrons. The van der Waals surface area contributed by atoms with Crippen molar-refractivity contribution in [3.05, 3.63) is 59.1 Å². The van der Waals surface area contributed by atoms with Gasteiger partial charge in [0.2, 0.25) is 5.91 Å². The maximum atomic E-state index is 12.1. The van der Waals surface area contributed by atoms with Crippen molar-refractivity contribution in [2.75, 3.05) is 18.1 Å². The average molecular weight is 447 g/mol. The minimum Gasteiger partial charge on any atom is -0.354 e. The van der Waals surface area contributed by atoms with Crippen LogP contribution in [0.3, 0.4) is 0 Å². The highest BCUT2D eigenvalue weighted by Gasteiger charge is 2.10. The maximum absolute atomic E-state index is 12.1. The van der Waals surface area contributed by atoms with Crippen molar-refractivity contribution >= 4 is 45.2 Å². The molecule has 0 spiro atoms. The van der Waals surface area contributed by atoms with Gasteiger partial charge < -0.3 is 10.6 Å². The lowest BCUT2D eigenvalue weighted by Crippen LogP contribution is -2.18. The second-order valence-electron chi connectivity index (χ2n) is 5.29. The molecule has 0 unspecified atom stereocenters. The van der Waals surface area contributed by atoms with E-state index in [1.54, 1.807) is 29.9 Å². The monoisotopic (exact) mass is 446 g/mol. The van der Waals surface area contributed by atoms with Crippen LogP contribution in [0.5, 0.6) is 0 Å². The van der Waals surface area contributed by atoms with E-state index in [1.807, 2.05) is 24.3 Å². The van der Waals surface area contributed by atoms with Crippen LogP contribution in [0.15, 0.2) is 58.4 Å². The third-order valence-corrected chi connectivity index (χ3v) is 5.04. The lowest BCUT2D eigenvalue weighted by Gasteiger charge is -2.06. The Balaban J connectivity index is 1.58. The lowest BCUT2D eigenvalue weighted by molar-refractivity contribution is -0.113. The zero-order valence-electron chi connectivity index (χ0n) is 14.2. The first-order valence-corrected chi connectivity index (χ1v) is 9.62. The Bertz CT molecular complexity index is 960. The molecule has 0 atom stereocenters. The molecule has 138 valence electrons. The van der Waals surface area contributed by atoms with E-state index in [0.29, 0.717) is 16.5 Å². The summed E-state index contributed by atoms with van der Waals surface area (Å²) in [5.41, 5.74) is 1.01. The van der Waals surface area contributed by atoms with Crippen LogP contribution in [0.25, 0.3) is 5.82 Å². The first kappa shape index (κ1) is 19.1. The molecule has 2 aromatic heterocycles. The lowest BCUT2D eigenvalue weighted by atomic mass is 10.3. The fourth-order valence-electron chi connectivity index (χ4n) is 2.11. The Morgan fingerprint density at radius 1 is 1.19 bits per heavy atom. The molecule has 2 N–H and O–H groups in total. The Morgan fingerprint density at radius 3 is 2.70 bits per heavy atom. The molecule has 1 aromatic carbocycles. The number of anilines is 1. The summed E-state index contributed by atoms with van der Waals surface area (Å²) in [5, 5.41) is 14.2. The van der Waals surface area contributed by atoms with E-state index in [1.165, 1.54) is 18.1 Å². The zero-order chi connectivity index (χ0) is 19.2. The van der Waals surface area contributed by atoms with E-state index < -0.39 is 0 Å². The summed E-state index contributed by atoms with van der Waals surface area (Å²) in [6.07, 6.45) is 3.06. The van der Waals surface area contributed by atoms with Crippen LogP contribution in [-0.4, -0.2) is 44.4 Å². The third-order valence-electron chi connectivity index (χ3n) is 3.43. The van der Waals surface area contributed by atoms with Crippen molar-refractivity contribution in [1.82, 2.24) is 25.1 Å². The SMILES string of the molecule is CNC(=O)c1cn(-c2ccc(SCC(=O)Nc3ccccc3Br)nn2)cn1. The molecule has 0 aliphatic carbocycles. The molecule has 0 saturated carbocycles. The molecule has 0 saturated heterocycles. The number of aromatic nitrogens is 4. The van der Waals surface area contributed by atoms with Crippen LogP contribution in [0, 0.1) is 0 Å². The van der Waals surface area contributed by atoms with Crippen molar-refractivity contribution in [2.45, 2.75) is 5.03 Å². The number of carbonyl (C=O) groups is 2. The van der Waals surface area contributed by atoms with Crippen LogP contribution in [0.1, 0.15) is 10.5 Å². The van der Waals surface area contributed by atoms with Crippen LogP contribution in [-0.2, 0) is 4.79 Å². The molecule has 0 aliphatic heterocycles. The van der Waals surface area contributed by atoms with Crippen molar-refractivity contribution in [1.29, 1.82) is 0 Å². The maximum Gasteiger partial charge on any atom is 0.271 e. The number of benzene rings is 1. The van der Waals surface area contributed by atoms with Gasteiger partial charge in [-0.3, -0.25) is 14.2 Å². The Hall–Kier alpha value is -2.72. The first-order chi connectivity index (χ1) is 13.1. The number of hydrogen-bond acceptors (Lipinski definition) is 6. The second-order valence-corrected chi connectivity index (χ2v) is 7.14. The van der Waals surface area contributed by atoms with Crippen molar-refractivity contribution in [3.63, 3.8) is 0 Å². The topological polar surface area (TPSA) is 102 Å². The van der Waals surface area contributed by atoms with Crippen LogP contribution >= 0.6 is 27.7 Å². The summed E-state index contributed by atoms with van der Waals surface area (Å²) in [4.78, 5) is 27.6. The molecule has 2 amide bonds. The number of halogens is 1. The Morgan fingerprint density at radius 2 is 2.00 bits per heavy atom. The van der Waals surface area contributed by atoms with Gasteiger partial charge >= 0.3 is 0 Å². The van der Waals surface area contributed by atoms with Crippen molar-refractivity contribution < 1.29 is 9.59 Å². The standard InChI is InChI=1S/C17H15BrN6O2S/c1-19-17(26)13-8-24(10-20-13)14-6-7-16(23-22-14)27-9-15(25)21-12-5-3-2-4-11(12)18/h2-8,10H,9H2,1H3,(H,19,26)(H,21,25). The summed E-state index contributed by atoms with van der Waals surface area (Å²) < 4.78 is 2.43. The van der Waals surface area contributed by atoms with Gasteiger partial charge in [0.1, 0.15) is 17.0 Å².